The van der Waals surface area contributed by atoms with Crippen molar-refractivity contribution in [1.82, 2.24) is 0 Å². The van der Waals surface area contributed by atoms with E-state index in [1.165, 1.54) is 6.08 Å². The van der Waals surface area contributed by atoms with Gasteiger partial charge in [-0.25, -0.2) is 0 Å². The Morgan fingerprint density at radius 2 is 1.58 bits per heavy atom. The number of rotatable bonds is 4. The third kappa shape index (κ3) is 3.15. The van der Waals surface area contributed by atoms with Crippen LogP contribution in [-0.4, -0.2) is 49.1 Å². The fraction of sp³-hybridized carbons (Fsp3) is 0.821. The Balaban J connectivity index is 1.73. The molecule has 4 aliphatic rings. The molecule has 33 heavy (non-hydrogen) atoms. The predicted molar refractivity (Wildman–Crippen MR) is 128 cm³/mol. The van der Waals surface area contributed by atoms with Crippen molar-refractivity contribution in [3.05, 3.63) is 23.8 Å². The highest BCUT2D eigenvalue weighted by molar-refractivity contribution is 6.00. The predicted octanol–water partition coefficient (Wildman–Crippen LogP) is 3.93. The van der Waals surface area contributed by atoms with Crippen LogP contribution in [0.4, 0.5) is 0 Å². The Labute approximate surface area is 199 Å². The molecule has 4 N–H and O–H groups in total. The molecule has 0 amide bonds. The topological polar surface area (TPSA) is 98.0 Å². The summed E-state index contributed by atoms with van der Waals surface area (Å²) in [5, 5.41) is 46.1. The van der Waals surface area contributed by atoms with Gasteiger partial charge in [-0.15, -0.1) is 0 Å². The van der Waals surface area contributed by atoms with E-state index in [2.05, 4.69) is 46.8 Å². The summed E-state index contributed by atoms with van der Waals surface area (Å²) < 4.78 is 0. The molecule has 5 heteroatoms. The van der Waals surface area contributed by atoms with Crippen molar-refractivity contribution in [3.63, 3.8) is 0 Å². The van der Waals surface area contributed by atoms with Crippen molar-refractivity contribution in [1.29, 1.82) is 0 Å². The average molecular weight is 461 g/mol. The van der Waals surface area contributed by atoms with Crippen LogP contribution in [-0.2, 0) is 4.79 Å². The molecule has 9 atom stereocenters. The van der Waals surface area contributed by atoms with Gasteiger partial charge in [-0.05, 0) is 73.8 Å². The first-order chi connectivity index (χ1) is 15.2. The van der Waals surface area contributed by atoms with Crippen molar-refractivity contribution in [3.8, 4) is 0 Å². The van der Waals surface area contributed by atoms with Gasteiger partial charge in [0.25, 0.3) is 0 Å². The minimum atomic E-state index is -1.81. The normalized spacial score (nSPS) is 49.4. The summed E-state index contributed by atoms with van der Waals surface area (Å²) in [6.45, 7) is 12.8. The lowest BCUT2D eigenvalue weighted by Crippen LogP contribution is -2.74. The van der Waals surface area contributed by atoms with Crippen LogP contribution < -0.4 is 0 Å². The number of allylic oxidation sites excluding steroid dienone is 2. The van der Waals surface area contributed by atoms with Gasteiger partial charge < -0.3 is 20.4 Å². The van der Waals surface area contributed by atoms with Crippen LogP contribution in [0, 0.1) is 34.5 Å². The van der Waals surface area contributed by atoms with Crippen LogP contribution in [0.3, 0.4) is 0 Å². The van der Waals surface area contributed by atoms with Crippen LogP contribution in [0.25, 0.3) is 0 Å². The highest BCUT2D eigenvalue weighted by atomic mass is 16.3. The fourth-order valence-corrected chi connectivity index (χ4v) is 7.89. The lowest BCUT2D eigenvalue weighted by atomic mass is 9.42. The number of hydrogen-bond acceptors (Lipinski definition) is 5. The summed E-state index contributed by atoms with van der Waals surface area (Å²) in [5.74, 6) is 1.08. The van der Waals surface area contributed by atoms with E-state index in [9.17, 15) is 25.2 Å². The monoisotopic (exact) mass is 460 g/mol. The van der Waals surface area contributed by atoms with Crippen molar-refractivity contribution in [2.24, 2.45) is 34.5 Å². The molecule has 0 heterocycles. The number of aliphatic hydroxyl groups excluding tert-OH is 1. The summed E-state index contributed by atoms with van der Waals surface area (Å²) in [4.78, 5) is 13.3. The van der Waals surface area contributed by atoms with Crippen molar-refractivity contribution >= 4 is 5.78 Å². The third-order valence-electron chi connectivity index (χ3n) is 10.9. The van der Waals surface area contributed by atoms with Crippen molar-refractivity contribution < 1.29 is 25.2 Å². The molecule has 9 unspecified atom stereocenters. The molecule has 0 spiro atoms. The first-order valence-electron chi connectivity index (χ1n) is 13.0. The van der Waals surface area contributed by atoms with E-state index in [4.69, 9.17) is 0 Å². The van der Waals surface area contributed by atoms with Crippen LogP contribution in [0.5, 0.6) is 0 Å². The number of ketones is 1. The molecule has 0 aromatic carbocycles. The molecule has 0 saturated heterocycles. The first-order valence-corrected chi connectivity index (χ1v) is 13.0. The molecular formula is C28H44O5. The Kier molecular flexibility index (Phi) is 5.89. The van der Waals surface area contributed by atoms with Crippen LogP contribution in [0.15, 0.2) is 23.8 Å². The second kappa shape index (κ2) is 7.74. The Bertz CT molecular complexity index is 878. The summed E-state index contributed by atoms with van der Waals surface area (Å²) in [6.07, 6.45) is 8.21. The maximum atomic E-state index is 13.3. The zero-order chi connectivity index (χ0) is 24.6. The lowest BCUT2D eigenvalue weighted by molar-refractivity contribution is -0.237. The highest BCUT2D eigenvalue weighted by Gasteiger charge is 2.74. The van der Waals surface area contributed by atoms with E-state index in [-0.39, 0.29) is 18.3 Å². The molecule has 4 aliphatic carbocycles. The van der Waals surface area contributed by atoms with Gasteiger partial charge >= 0.3 is 0 Å². The van der Waals surface area contributed by atoms with Gasteiger partial charge in [-0.1, -0.05) is 53.7 Å². The molecule has 3 fully saturated rings. The van der Waals surface area contributed by atoms with Gasteiger partial charge in [0, 0.05) is 17.3 Å². The standard InChI is InChI=1S/C28H44O5/c1-17(2)18(3)7-8-19(4)21-10-12-26(31)22-15-23(30)28(33)16-20(29)9-11-25(28,6)27(22,32)14-13-24(21,26)5/h7-8,15,17-21,29,31-33H,9-14,16H2,1-6H3/b8-7+. The van der Waals surface area contributed by atoms with Crippen molar-refractivity contribution in [2.45, 2.75) is 109 Å². The average Bonchev–Trinajstić information content (AvgIpc) is 3.02. The van der Waals surface area contributed by atoms with Gasteiger partial charge in [0.15, 0.2) is 5.78 Å². The lowest BCUT2D eigenvalue weighted by Gasteiger charge is -2.65. The van der Waals surface area contributed by atoms with Crippen LogP contribution in [0.1, 0.15) is 86.5 Å². The third-order valence-corrected chi connectivity index (χ3v) is 10.9. The molecule has 0 radical (unpaired) electrons. The Morgan fingerprint density at radius 3 is 2.21 bits per heavy atom. The molecule has 186 valence electrons. The smallest absolute Gasteiger partial charge is 0.188 e. The molecule has 0 aliphatic heterocycles. The van der Waals surface area contributed by atoms with E-state index in [1.54, 1.807) is 6.92 Å². The number of aliphatic hydroxyl groups is 4. The van der Waals surface area contributed by atoms with Gasteiger partial charge in [-0.3, -0.25) is 4.79 Å². The van der Waals surface area contributed by atoms with Crippen LogP contribution in [0.2, 0.25) is 0 Å². The quantitative estimate of drug-likeness (QED) is 0.477. The molecule has 4 rings (SSSR count). The molecule has 0 aromatic heterocycles. The minimum Gasteiger partial charge on any atom is -0.393 e. The largest absolute Gasteiger partial charge is 0.393 e. The number of fused-ring (bicyclic) bond motifs is 5. The van der Waals surface area contributed by atoms with E-state index < -0.39 is 39.5 Å². The van der Waals surface area contributed by atoms with E-state index in [0.29, 0.717) is 49.5 Å². The first kappa shape index (κ1) is 25.1. The summed E-state index contributed by atoms with van der Waals surface area (Å²) in [5.41, 5.74) is -5.75. The Morgan fingerprint density at radius 1 is 0.909 bits per heavy atom. The molecule has 5 nitrogen and oxygen atoms in total. The SMILES string of the molecule is CC(C)C(C)/C=C/C(C)C1CCC2(O)C3=CC(=O)C4(O)CC(O)CCC4(C)C3(O)CCC12C. The van der Waals surface area contributed by atoms with E-state index >= 15 is 0 Å². The maximum Gasteiger partial charge on any atom is 0.188 e. The Hall–Kier alpha value is -1.01. The van der Waals surface area contributed by atoms with Crippen LogP contribution >= 0.6 is 0 Å². The zero-order valence-corrected chi connectivity index (χ0v) is 21.3. The van der Waals surface area contributed by atoms with E-state index in [0.717, 1.165) is 6.42 Å². The summed E-state index contributed by atoms with van der Waals surface area (Å²) >= 11 is 0. The zero-order valence-electron chi connectivity index (χ0n) is 21.3. The van der Waals surface area contributed by atoms with Gasteiger partial charge in [0.2, 0.25) is 0 Å². The fourth-order valence-electron chi connectivity index (χ4n) is 7.89. The van der Waals surface area contributed by atoms with Gasteiger partial charge in [-0.2, -0.15) is 0 Å². The number of hydrogen-bond donors (Lipinski definition) is 4. The van der Waals surface area contributed by atoms with Crippen molar-refractivity contribution in [2.75, 3.05) is 0 Å². The summed E-state index contributed by atoms with van der Waals surface area (Å²) in [6, 6.07) is 0. The number of carbonyl (C=O) groups excluding carboxylic acids is 1. The molecule has 0 aromatic rings. The molecule has 0 bridgehead atoms. The molecule has 3 saturated carbocycles. The second-order valence-corrected chi connectivity index (χ2v) is 12.6. The second-order valence-electron chi connectivity index (χ2n) is 12.6. The summed E-state index contributed by atoms with van der Waals surface area (Å²) in [7, 11) is 0. The van der Waals surface area contributed by atoms with E-state index in [1.807, 2.05) is 0 Å². The van der Waals surface area contributed by atoms with Gasteiger partial charge in [0.1, 0.15) is 5.60 Å². The minimum absolute atomic E-state index is 0.0669. The highest BCUT2D eigenvalue weighted by Crippen LogP contribution is 2.70. The molecular weight excluding hydrogens is 416 g/mol. The number of carbonyl (C=O) groups is 1. The maximum absolute atomic E-state index is 13.3. The van der Waals surface area contributed by atoms with Gasteiger partial charge in [0.05, 0.1) is 17.3 Å².